The number of hydrogen-bond donors (Lipinski definition) is 1. The Kier molecular flexibility index (Phi) is 23.0. The number of piperazine rings is 1. The zero-order chi connectivity index (χ0) is 71.2. The number of hydrogen-bond acceptors (Lipinski definition) is 6. The second-order valence-corrected chi connectivity index (χ2v) is 27.8. The second kappa shape index (κ2) is 33.5. The summed E-state index contributed by atoms with van der Waals surface area (Å²) in [7, 11) is 1.86. The maximum absolute atomic E-state index is 13.7. The molecular weight excluding hydrogens is 1330 g/mol. The van der Waals surface area contributed by atoms with Crippen LogP contribution in [0, 0.1) is 17.7 Å². The van der Waals surface area contributed by atoms with E-state index in [4.69, 9.17) is 23.2 Å². The molecule has 6 heterocycles. The van der Waals surface area contributed by atoms with Gasteiger partial charge in [0.1, 0.15) is 22.9 Å². The van der Waals surface area contributed by atoms with Crippen LogP contribution < -0.4 is 5.32 Å². The number of halogens is 3. The van der Waals surface area contributed by atoms with Crippen LogP contribution in [-0.2, 0) is 48.9 Å². The predicted molar refractivity (Wildman–Crippen MR) is 409 cm³/mol. The maximum atomic E-state index is 13.7. The van der Waals surface area contributed by atoms with Crippen LogP contribution >= 0.6 is 23.2 Å². The highest BCUT2D eigenvalue weighted by molar-refractivity contribution is 6.30. The number of aromatic nitrogens is 3. The van der Waals surface area contributed by atoms with Crippen LogP contribution in [0.5, 0.6) is 0 Å². The largest absolute Gasteiger partial charge is 0.352 e. The van der Waals surface area contributed by atoms with Crippen molar-refractivity contribution in [3.8, 4) is 0 Å². The van der Waals surface area contributed by atoms with Gasteiger partial charge in [0.15, 0.2) is 0 Å². The Morgan fingerprint density at radius 1 is 0.388 bits per heavy atom. The Morgan fingerprint density at radius 2 is 0.728 bits per heavy atom. The van der Waals surface area contributed by atoms with Gasteiger partial charge in [-0.3, -0.25) is 28.9 Å². The van der Waals surface area contributed by atoms with Gasteiger partial charge in [0.05, 0.1) is 0 Å². The molecule has 3 aliphatic rings. The third-order valence-corrected chi connectivity index (χ3v) is 20.5. The van der Waals surface area contributed by atoms with Crippen LogP contribution in [0.4, 0.5) is 4.39 Å². The molecule has 1 N–H and O–H groups in total. The fourth-order valence-electron chi connectivity index (χ4n) is 14.3. The molecule has 0 spiro atoms. The molecule has 0 atom stereocenters. The van der Waals surface area contributed by atoms with Crippen LogP contribution in [0.3, 0.4) is 0 Å². The molecule has 0 unspecified atom stereocenters. The van der Waals surface area contributed by atoms with Gasteiger partial charge in [-0.15, -0.1) is 0 Å². The molecule has 103 heavy (non-hydrogen) atoms. The van der Waals surface area contributed by atoms with Gasteiger partial charge < -0.3 is 38.6 Å². The van der Waals surface area contributed by atoms with Crippen LogP contribution in [0.15, 0.2) is 255 Å². The SMILES string of the molecule is CN(Cc1ccccc1)C(=O)C1CCN(C(=O)c2cc3ccccc3n2Cc2ccc(Cl)cc2)CC1.O=C(NCc1ccccc1)C1CCN(C(=O)c2cc3ccccc3n2Cc2ccc(Cl)cc2)CC1.O=C(c1cc2ccccc2n1Cc1ccc(F)cc1)N1CCN(Cc2ccccc2)CC1. The Hall–Kier alpha value is -10.6. The highest BCUT2D eigenvalue weighted by Gasteiger charge is 2.33. The highest BCUT2D eigenvalue weighted by Crippen LogP contribution is 2.30. The topological polar surface area (TPSA) is 128 Å². The van der Waals surface area contributed by atoms with E-state index in [0.29, 0.717) is 125 Å². The Morgan fingerprint density at radius 3 is 1.15 bits per heavy atom. The number of likely N-dealkylation sites (tertiary alicyclic amines) is 2. The Bertz CT molecular complexity index is 4870. The molecular formula is C86H84Cl2FN9O5. The van der Waals surface area contributed by atoms with Crippen LogP contribution in [0.2, 0.25) is 10.0 Å². The minimum absolute atomic E-state index is 0.0123. The van der Waals surface area contributed by atoms with Crippen LogP contribution in [-0.4, -0.2) is 127 Å². The average molecular weight is 1410 g/mol. The minimum atomic E-state index is -0.254. The standard InChI is InChI=1S/C30H30ClN3O2.C29H28ClN3O2.C27H26FN3O/c1-32(20-22-7-3-2-4-8-22)29(35)24-15-17-33(18-16-24)30(36)28-19-25-9-5-6-10-27(25)34(28)21-23-11-13-26(31)14-12-23;30-25-12-10-22(11-13-25)20-33-26-9-5-4-8-24(26)18-27(33)29(35)32-16-14-23(15-17-32)28(34)31-19-21-6-2-1-3-7-21;28-24-12-10-22(11-13-24)20-31-25-9-5-4-8-23(25)18-26(31)27(32)30-16-14-29(15-17-30)19-21-6-2-1-3-7-21/h2-14,19,24H,15-18,20-21H2,1H3;1-13,18,23H,14-17,19-20H2,(H,31,34);1-13,18H,14-17,19-20H2. The molecule has 9 aromatic carbocycles. The van der Waals surface area contributed by atoms with E-state index in [9.17, 15) is 28.4 Å². The van der Waals surface area contributed by atoms with Gasteiger partial charge in [0.25, 0.3) is 17.7 Å². The van der Waals surface area contributed by atoms with Crippen LogP contribution in [0.1, 0.15) is 90.5 Å². The third-order valence-electron chi connectivity index (χ3n) is 20.0. The lowest BCUT2D eigenvalue weighted by molar-refractivity contribution is -0.136. The van der Waals surface area contributed by atoms with Gasteiger partial charge in [0, 0.05) is 153 Å². The van der Waals surface area contributed by atoms with Gasteiger partial charge in [-0.25, -0.2) is 4.39 Å². The molecule has 3 aromatic heterocycles. The minimum Gasteiger partial charge on any atom is -0.352 e. The summed E-state index contributed by atoms with van der Waals surface area (Å²) in [6.45, 7) is 9.20. The van der Waals surface area contributed by atoms with E-state index < -0.39 is 0 Å². The monoisotopic (exact) mass is 1410 g/mol. The predicted octanol–water partition coefficient (Wildman–Crippen LogP) is 16.2. The lowest BCUT2D eigenvalue weighted by Gasteiger charge is -2.35. The molecule has 17 heteroatoms. The number of fused-ring (bicyclic) bond motifs is 3. The number of carbonyl (C=O) groups is 5. The normalized spacial score (nSPS) is 14.4. The van der Waals surface area contributed by atoms with Crippen molar-refractivity contribution in [3.05, 3.63) is 321 Å². The van der Waals surface area contributed by atoms with Crippen molar-refractivity contribution < 1.29 is 28.4 Å². The molecule has 3 aliphatic heterocycles. The van der Waals surface area contributed by atoms with E-state index in [1.165, 1.54) is 17.7 Å². The van der Waals surface area contributed by atoms with Gasteiger partial charge in [-0.1, -0.05) is 205 Å². The summed E-state index contributed by atoms with van der Waals surface area (Å²) >= 11 is 12.1. The Balaban J connectivity index is 0.000000138. The summed E-state index contributed by atoms with van der Waals surface area (Å²) < 4.78 is 19.6. The molecule has 3 saturated heterocycles. The summed E-state index contributed by atoms with van der Waals surface area (Å²) in [6, 6.07) is 82.5. The van der Waals surface area contributed by atoms with E-state index in [2.05, 4.69) is 54.2 Å². The van der Waals surface area contributed by atoms with Crippen molar-refractivity contribution in [1.82, 2.24) is 43.5 Å². The van der Waals surface area contributed by atoms with Gasteiger partial charge in [-0.05, 0) is 132 Å². The number of carbonyl (C=O) groups excluding carboxylic acids is 5. The summed E-state index contributed by atoms with van der Waals surface area (Å²) in [5, 5.41) is 7.56. The van der Waals surface area contributed by atoms with Crippen molar-refractivity contribution >= 4 is 85.4 Å². The quantitative estimate of drug-likeness (QED) is 0.0967. The first kappa shape index (κ1) is 70.8. The van der Waals surface area contributed by atoms with Crippen molar-refractivity contribution in [1.29, 1.82) is 0 Å². The highest BCUT2D eigenvalue weighted by atomic mass is 35.5. The fraction of sp³-hybridized carbons (Fsp3) is 0.244. The lowest BCUT2D eigenvalue weighted by Crippen LogP contribution is -2.48. The fourth-order valence-corrected chi connectivity index (χ4v) is 14.5. The molecule has 0 saturated carbocycles. The van der Waals surface area contributed by atoms with Crippen LogP contribution in [0.25, 0.3) is 32.7 Å². The molecule has 0 bridgehead atoms. The summed E-state index contributed by atoms with van der Waals surface area (Å²) in [4.78, 5) is 76.5. The molecule has 524 valence electrons. The lowest BCUT2D eigenvalue weighted by atomic mass is 9.95. The van der Waals surface area contributed by atoms with E-state index >= 15 is 0 Å². The van der Waals surface area contributed by atoms with Crippen molar-refractivity contribution in [2.75, 3.05) is 59.4 Å². The molecule has 0 radical (unpaired) electrons. The number of rotatable bonds is 17. The number of piperidine rings is 2. The summed E-state index contributed by atoms with van der Waals surface area (Å²) in [5.41, 5.74) is 11.8. The number of nitrogens with zero attached hydrogens (tertiary/aromatic N) is 8. The first-order valence-electron chi connectivity index (χ1n) is 35.5. The zero-order valence-electron chi connectivity index (χ0n) is 57.9. The van der Waals surface area contributed by atoms with Crippen molar-refractivity contribution in [2.24, 2.45) is 11.8 Å². The third kappa shape index (κ3) is 17.7. The zero-order valence-corrected chi connectivity index (χ0v) is 59.4. The molecule has 0 aliphatic carbocycles. The number of nitrogens with one attached hydrogen (secondary N) is 1. The number of benzene rings is 9. The molecule has 14 nitrogen and oxygen atoms in total. The van der Waals surface area contributed by atoms with Gasteiger partial charge in [-0.2, -0.15) is 0 Å². The first-order chi connectivity index (χ1) is 50.2. The van der Waals surface area contributed by atoms with Crippen molar-refractivity contribution in [2.45, 2.75) is 65.0 Å². The van der Waals surface area contributed by atoms with E-state index in [-0.39, 0.29) is 47.2 Å². The summed E-state index contributed by atoms with van der Waals surface area (Å²) in [6.07, 6.45) is 2.70. The van der Waals surface area contributed by atoms with Gasteiger partial charge >= 0.3 is 0 Å². The molecule has 3 fully saturated rings. The van der Waals surface area contributed by atoms with E-state index in [1.807, 2.05) is 227 Å². The van der Waals surface area contributed by atoms with Crippen molar-refractivity contribution in [3.63, 3.8) is 0 Å². The van der Waals surface area contributed by atoms with Gasteiger partial charge in [0.2, 0.25) is 11.8 Å². The average Bonchev–Trinajstić information content (AvgIpc) is 1.64. The number of amides is 5. The smallest absolute Gasteiger partial charge is 0.270 e. The molecule has 12 aromatic rings. The number of para-hydroxylation sites is 3. The summed E-state index contributed by atoms with van der Waals surface area (Å²) in [5.74, 6) is -0.0635. The van der Waals surface area contributed by atoms with E-state index in [0.717, 1.165) is 80.2 Å². The Labute approximate surface area is 611 Å². The molecule has 15 rings (SSSR count). The maximum Gasteiger partial charge on any atom is 0.270 e. The molecule has 5 amide bonds. The van der Waals surface area contributed by atoms with E-state index in [1.54, 1.807) is 12.1 Å². The second-order valence-electron chi connectivity index (χ2n) is 27.0. The first-order valence-corrected chi connectivity index (χ1v) is 36.2.